The number of amides is 4. The molecule has 1 aliphatic heterocycles. The molecule has 0 saturated carbocycles. The fourth-order valence-electron chi connectivity index (χ4n) is 2.49. The molecular weight excluding hydrogens is 410 g/mol. The van der Waals surface area contributed by atoms with E-state index in [1.807, 2.05) is 0 Å². The Morgan fingerprint density at radius 1 is 0.903 bits per heavy atom. The second-order valence-electron chi connectivity index (χ2n) is 9.12. The molecule has 11 heteroatoms. The number of nitrogens with one attached hydrogen (secondary N) is 2. The molecule has 0 aromatic carbocycles. The van der Waals surface area contributed by atoms with E-state index in [9.17, 15) is 24.0 Å². The predicted molar refractivity (Wildman–Crippen MR) is 108 cm³/mol. The van der Waals surface area contributed by atoms with Crippen LogP contribution in [0, 0.1) is 0 Å². The van der Waals surface area contributed by atoms with E-state index >= 15 is 0 Å². The van der Waals surface area contributed by atoms with Crippen LogP contribution in [0.25, 0.3) is 0 Å². The van der Waals surface area contributed by atoms with Crippen LogP contribution in [0.5, 0.6) is 0 Å². The predicted octanol–water partition coefficient (Wildman–Crippen LogP) is 2.18. The van der Waals surface area contributed by atoms with Gasteiger partial charge in [-0.25, -0.2) is 14.4 Å². The second-order valence-corrected chi connectivity index (χ2v) is 9.12. The Balaban J connectivity index is 2.60. The van der Waals surface area contributed by atoms with Crippen molar-refractivity contribution in [1.82, 2.24) is 15.7 Å². The van der Waals surface area contributed by atoms with Gasteiger partial charge < -0.3 is 24.9 Å². The van der Waals surface area contributed by atoms with Crippen LogP contribution in [0.15, 0.2) is 0 Å². The summed E-state index contributed by atoms with van der Waals surface area (Å²) in [4.78, 5) is 64.5. The molecule has 31 heavy (non-hydrogen) atoms. The molecule has 0 radical (unpaired) electrons. The van der Waals surface area contributed by atoms with Crippen LogP contribution in [-0.2, 0) is 28.7 Å². The highest BCUT2D eigenvalue weighted by molar-refractivity contribution is 6.01. The molecule has 1 saturated heterocycles. The molecule has 0 aromatic heterocycles. The number of hydrogen-bond acceptors (Lipinski definition) is 8. The largest absolute Gasteiger partial charge is 0.444 e. The number of ether oxygens (including phenoxy) is 2. The Morgan fingerprint density at radius 3 is 1.94 bits per heavy atom. The molecule has 1 heterocycles. The summed E-state index contributed by atoms with van der Waals surface area (Å²) >= 11 is 0. The molecule has 11 nitrogen and oxygen atoms in total. The van der Waals surface area contributed by atoms with E-state index in [1.165, 1.54) is 0 Å². The highest BCUT2D eigenvalue weighted by Gasteiger charge is 2.35. The van der Waals surface area contributed by atoms with Crippen molar-refractivity contribution in [1.29, 1.82) is 0 Å². The number of hydroxylamine groups is 2. The number of unbranched alkanes of at least 4 members (excludes halogenated alkanes) is 1. The lowest BCUT2D eigenvalue weighted by atomic mass is 10.1. The lowest BCUT2D eigenvalue weighted by Crippen LogP contribution is -2.46. The summed E-state index contributed by atoms with van der Waals surface area (Å²) in [5.41, 5.74) is -1.39. The first-order valence-electron chi connectivity index (χ1n) is 10.2. The van der Waals surface area contributed by atoms with Gasteiger partial charge in [0.2, 0.25) is 0 Å². The zero-order chi connectivity index (χ0) is 23.8. The second kappa shape index (κ2) is 11.0. The van der Waals surface area contributed by atoms with Crippen molar-refractivity contribution in [3.8, 4) is 0 Å². The molecule has 1 atom stereocenters. The molecule has 0 bridgehead atoms. The van der Waals surface area contributed by atoms with Crippen molar-refractivity contribution in [3.05, 3.63) is 0 Å². The molecule has 0 aliphatic carbocycles. The van der Waals surface area contributed by atoms with E-state index in [2.05, 4.69) is 10.6 Å². The molecular formula is C20H33N3O8. The van der Waals surface area contributed by atoms with E-state index in [0.29, 0.717) is 24.4 Å². The van der Waals surface area contributed by atoms with Crippen molar-refractivity contribution in [2.24, 2.45) is 0 Å². The van der Waals surface area contributed by atoms with Gasteiger partial charge in [-0.2, -0.15) is 0 Å². The van der Waals surface area contributed by atoms with Gasteiger partial charge >= 0.3 is 18.2 Å². The summed E-state index contributed by atoms with van der Waals surface area (Å²) in [7, 11) is 0. The Bertz CT molecular complexity index is 678. The number of carbonyl (C=O) groups is 5. The third kappa shape index (κ3) is 10.7. The van der Waals surface area contributed by atoms with Crippen molar-refractivity contribution in [3.63, 3.8) is 0 Å². The van der Waals surface area contributed by atoms with E-state index in [1.54, 1.807) is 41.5 Å². The SMILES string of the molecule is CC(C)(C)OC(=O)NCCCC[C@H](NC(=O)OC(C)(C)C)C(=O)ON1C(=O)CCC1=O. The Kier molecular flexibility index (Phi) is 9.26. The minimum Gasteiger partial charge on any atom is -0.444 e. The summed E-state index contributed by atoms with van der Waals surface area (Å²) in [6, 6.07) is -1.14. The van der Waals surface area contributed by atoms with Crippen LogP contribution >= 0.6 is 0 Å². The minimum absolute atomic E-state index is 0.0351. The van der Waals surface area contributed by atoms with Gasteiger partial charge in [0.05, 0.1) is 0 Å². The van der Waals surface area contributed by atoms with Crippen LogP contribution in [0.1, 0.15) is 73.6 Å². The van der Waals surface area contributed by atoms with Crippen LogP contribution in [0.3, 0.4) is 0 Å². The number of imide groups is 1. The summed E-state index contributed by atoms with van der Waals surface area (Å²) < 4.78 is 10.3. The molecule has 2 N–H and O–H groups in total. The highest BCUT2D eigenvalue weighted by atomic mass is 16.7. The summed E-state index contributed by atoms with van der Waals surface area (Å²) in [6.07, 6.45) is -0.404. The number of hydrogen-bond donors (Lipinski definition) is 2. The minimum atomic E-state index is -1.14. The van der Waals surface area contributed by atoms with Gasteiger partial charge in [0.25, 0.3) is 11.8 Å². The van der Waals surface area contributed by atoms with Crippen molar-refractivity contribution < 1.29 is 38.3 Å². The van der Waals surface area contributed by atoms with Crippen LogP contribution in [0.4, 0.5) is 9.59 Å². The van der Waals surface area contributed by atoms with Gasteiger partial charge in [-0.05, 0) is 60.8 Å². The standard InChI is InChI=1S/C20H33N3O8/c1-19(2,3)29-17(27)21-12-8-7-9-13(22-18(28)30-20(4,5)6)16(26)31-23-14(24)10-11-15(23)25/h13H,7-12H2,1-6H3,(H,21,27)(H,22,28)/t13-/m0/s1. The van der Waals surface area contributed by atoms with Gasteiger partial charge in [-0.3, -0.25) is 9.59 Å². The van der Waals surface area contributed by atoms with Gasteiger partial charge in [0, 0.05) is 19.4 Å². The molecule has 1 rings (SSSR count). The van der Waals surface area contributed by atoms with E-state index in [4.69, 9.17) is 14.3 Å². The van der Waals surface area contributed by atoms with Gasteiger partial charge in [0.1, 0.15) is 17.2 Å². The van der Waals surface area contributed by atoms with E-state index < -0.39 is 47.2 Å². The van der Waals surface area contributed by atoms with Gasteiger partial charge in [-0.15, -0.1) is 5.06 Å². The fraction of sp³-hybridized carbons (Fsp3) is 0.750. The Morgan fingerprint density at radius 2 is 1.42 bits per heavy atom. The number of rotatable bonds is 8. The van der Waals surface area contributed by atoms with Gasteiger partial charge in [0.15, 0.2) is 0 Å². The van der Waals surface area contributed by atoms with Crippen molar-refractivity contribution in [2.45, 2.75) is 90.9 Å². The molecule has 0 aromatic rings. The number of carbonyl (C=O) groups excluding carboxylic acids is 5. The first-order chi connectivity index (χ1) is 14.2. The first-order valence-corrected chi connectivity index (χ1v) is 10.2. The van der Waals surface area contributed by atoms with Crippen molar-refractivity contribution >= 4 is 30.0 Å². The Hall–Kier alpha value is -2.85. The zero-order valence-corrected chi connectivity index (χ0v) is 19.0. The quantitative estimate of drug-likeness (QED) is 0.430. The summed E-state index contributed by atoms with van der Waals surface area (Å²) in [5, 5.41) is 5.43. The molecule has 176 valence electrons. The maximum absolute atomic E-state index is 12.5. The van der Waals surface area contributed by atoms with E-state index in [0.717, 1.165) is 0 Å². The van der Waals surface area contributed by atoms with Crippen LogP contribution in [0.2, 0.25) is 0 Å². The fourth-order valence-corrected chi connectivity index (χ4v) is 2.49. The third-order valence-electron chi connectivity index (χ3n) is 3.75. The maximum Gasteiger partial charge on any atom is 0.408 e. The zero-order valence-electron chi connectivity index (χ0n) is 19.0. The third-order valence-corrected chi connectivity index (χ3v) is 3.75. The topological polar surface area (TPSA) is 140 Å². The first kappa shape index (κ1) is 26.2. The van der Waals surface area contributed by atoms with Crippen molar-refractivity contribution in [2.75, 3.05) is 6.54 Å². The van der Waals surface area contributed by atoms with Crippen LogP contribution < -0.4 is 10.6 Å². The lowest BCUT2D eigenvalue weighted by Gasteiger charge is -2.23. The van der Waals surface area contributed by atoms with Crippen LogP contribution in [-0.4, -0.2) is 58.8 Å². The highest BCUT2D eigenvalue weighted by Crippen LogP contribution is 2.15. The Labute approximate surface area is 182 Å². The molecule has 4 amide bonds. The van der Waals surface area contributed by atoms with E-state index in [-0.39, 0.29) is 19.3 Å². The number of nitrogens with zero attached hydrogens (tertiary/aromatic N) is 1. The summed E-state index contributed by atoms with van der Waals surface area (Å²) in [5.74, 6) is -2.18. The molecule has 1 fully saturated rings. The maximum atomic E-state index is 12.5. The smallest absolute Gasteiger partial charge is 0.408 e. The molecule has 1 aliphatic rings. The van der Waals surface area contributed by atoms with Gasteiger partial charge in [-0.1, -0.05) is 0 Å². The lowest BCUT2D eigenvalue weighted by molar-refractivity contribution is -0.199. The average molecular weight is 443 g/mol. The molecule has 0 unspecified atom stereocenters. The molecule has 0 spiro atoms. The monoisotopic (exact) mass is 443 g/mol. The number of alkyl carbamates (subject to hydrolysis) is 2. The normalized spacial score (nSPS) is 15.4. The average Bonchev–Trinajstić information content (AvgIpc) is 2.89. The summed E-state index contributed by atoms with van der Waals surface area (Å²) in [6.45, 7) is 10.6.